The van der Waals surface area contributed by atoms with Gasteiger partial charge in [0.1, 0.15) is 5.82 Å². The Balaban J connectivity index is 1.90. The Morgan fingerprint density at radius 2 is 2.21 bits per heavy atom. The maximum atomic E-state index is 4.50. The van der Waals surface area contributed by atoms with E-state index < -0.39 is 0 Å². The molecule has 1 saturated heterocycles. The van der Waals surface area contributed by atoms with Gasteiger partial charge < -0.3 is 15.5 Å². The minimum absolute atomic E-state index is 0.729. The van der Waals surface area contributed by atoms with E-state index in [9.17, 15) is 0 Å². The van der Waals surface area contributed by atoms with Crippen molar-refractivity contribution in [2.24, 2.45) is 5.92 Å². The van der Waals surface area contributed by atoms with Crippen LogP contribution >= 0.6 is 0 Å². The fourth-order valence-corrected chi connectivity index (χ4v) is 2.42. The lowest BCUT2D eigenvalue weighted by atomic mass is 10.1. The van der Waals surface area contributed by atoms with E-state index >= 15 is 0 Å². The van der Waals surface area contributed by atoms with E-state index in [2.05, 4.69) is 39.5 Å². The molecule has 1 unspecified atom stereocenters. The zero-order valence-corrected chi connectivity index (χ0v) is 12.2. The lowest BCUT2D eigenvalue weighted by Gasteiger charge is -2.13. The minimum Gasteiger partial charge on any atom is -0.370 e. The van der Waals surface area contributed by atoms with E-state index in [1.54, 1.807) is 0 Å². The molecule has 0 aliphatic carbocycles. The molecule has 106 valence electrons. The Morgan fingerprint density at radius 1 is 1.37 bits per heavy atom. The number of hydrogen-bond donors (Lipinski definition) is 2. The van der Waals surface area contributed by atoms with Crippen LogP contribution in [0.3, 0.4) is 0 Å². The molecule has 1 fully saturated rings. The van der Waals surface area contributed by atoms with E-state index in [0.717, 1.165) is 42.9 Å². The van der Waals surface area contributed by atoms with Crippen LogP contribution in [0.25, 0.3) is 0 Å². The number of anilines is 2. The van der Waals surface area contributed by atoms with Crippen molar-refractivity contribution in [3.8, 4) is 0 Å². The first-order valence-corrected chi connectivity index (χ1v) is 7.19. The van der Waals surface area contributed by atoms with Crippen molar-refractivity contribution in [1.29, 1.82) is 0 Å². The number of likely N-dealkylation sites (tertiary alicyclic amines) is 1. The first-order chi connectivity index (χ1) is 9.17. The van der Waals surface area contributed by atoms with Crippen LogP contribution in [0.2, 0.25) is 0 Å². The molecule has 0 spiro atoms. The highest BCUT2D eigenvalue weighted by atomic mass is 15.2. The smallest absolute Gasteiger partial charge is 0.224 e. The fraction of sp³-hybridized carbons (Fsp3) is 0.714. The Hall–Kier alpha value is -1.36. The monoisotopic (exact) mass is 263 g/mol. The van der Waals surface area contributed by atoms with Gasteiger partial charge in [-0.05, 0) is 39.3 Å². The number of nitrogens with zero attached hydrogens (tertiary/aromatic N) is 3. The van der Waals surface area contributed by atoms with Crippen LogP contribution in [0.4, 0.5) is 11.8 Å². The van der Waals surface area contributed by atoms with Crippen molar-refractivity contribution < 1.29 is 0 Å². The lowest BCUT2D eigenvalue weighted by Crippen LogP contribution is -2.19. The fourth-order valence-electron chi connectivity index (χ4n) is 2.42. The quantitative estimate of drug-likeness (QED) is 0.822. The summed E-state index contributed by atoms with van der Waals surface area (Å²) in [5.74, 6) is 2.39. The average molecular weight is 263 g/mol. The predicted molar refractivity (Wildman–Crippen MR) is 79.6 cm³/mol. The Kier molecular flexibility index (Phi) is 4.96. The summed E-state index contributed by atoms with van der Waals surface area (Å²) < 4.78 is 0. The van der Waals surface area contributed by atoms with Gasteiger partial charge in [-0.25, -0.2) is 4.98 Å². The molecule has 0 aromatic carbocycles. The van der Waals surface area contributed by atoms with Gasteiger partial charge in [-0.1, -0.05) is 6.92 Å². The normalized spacial score (nSPS) is 19.6. The standard InChI is InChI=1S/C14H25N5/c1-4-6-15-14-17-11(2)8-13(18-14)16-9-12-5-7-19(3)10-12/h8,12H,4-7,9-10H2,1-3H3,(H2,15,16,17,18). The number of aromatic nitrogens is 2. The zero-order chi connectivity index (χ0) is 13.7. The van der Waals surface area contributed by atoms with Crippen LogP contribution in [-0.2, 0) is 0 Å². The van der Waals surface area contributed by atoms with Crippen LogP contribution < -0.4 is 10.6 Å². The van der Waals surface area contributed by atoms with E-state index in [1.807, 2.05) is 13.0 Å². The molecule has 0 saturated carbocycles. The number of aryl methyl sites for hydroxylation is 1. The average Bonchev–Trinajstić information content (AvgIpc) is 2.79. The Morgan fingerprint density at radius 3 is 2.89 bits per heavy atom. The summed E-state index contributed by atoms with van der Waals surface area (Å²) in [6.45, 7) is 8.44. The SMILES string of the molecule is CCCNc1nc(C)cc(NCC2CCN(C)C2)n1. The van der Waals surface area contributed by atoms with Crippen LogP contribution in [0.1, 0.15) is 25.5 Å². The second kappa shape index (κ2) is 6.70. The van der Waals surface area contributed by atoms with Crippen molar-refractivity contribution in [3.63, 3.8) is 0 Å². The molecule has 0 radical (unpaired) electrons. The molecule has 5 nitrogen and oxygen atoms in total. The van der Waals surface area contributed by atoms with Gasteiger partial charge in [-0.15, -0.1) is 0 Å². The van der Waals surface area contributed by atoms with Crippen LogP contribution in [0, 0.1) is 12.8 Å². The highest BCUT2D eigenvalue weighted by molar-refractivity contribution is 5.42. The molecule has 1 aliphatic heterocycles. The summed E-state index contributed by atoms with van der Waals surface area (Å²) in [5, 5.41) is 6.69. The molecule has 0 amide bonds. The minimum atomic E-state index is 0.729. The van der Waals surface area contributed by atoms with Gasteiger partial charge in [-0.3, -0.25) is 0 Å². The van der Waals surface area contributed by atoms with Gasteiger partial charge in [0.15, 0.2) is 0 Å². The molecule has 1 aromatic rings. The Labute approximate surface area is 115 Å². The van der Waals surface area contributed by atoms with Crippen molar-refractivity contribution in [2.75, 3.05) is 43.9 Å². The van der Waals surface area contributed by atoms with Crippen LogP contribution in [0.15, 0.2) is 6.07 Å². The maximum absolute atomic E-state index is 4.50. The molecule has 1 atom stereocenters. The molecule has 0 bridgehead atoms. The predicted octanol–water partition coefficient (Wildman–Crippen LogP) is 1.97. The summed E-state index contributed by atoms with van der Waals surface area (Å²) in [5.41, 5.74) is 1.000. The maximum Gasteiger partial charge on any atom is 0.224 e. The molecule has 2 rings (SSSR count). The van der Waals surface area contributed by atoms with Gasteiger partial charge in [0.25, 0.3) is 0 Å². The second-order valence-corrected chi connectivity index (χ2v) is 5.44. The molecule has 19 heavy (non-hydrogen) atoms. The molecular weight excluding hydrogens is 238 g/mol. The third-order valence-corrected chi connectivity index (χ3v) is 3.45. The lowest BCUT2D eigenvalue weighted by molar-refractivity contribution is 0.399. The van der Waals surface area contributed by atoms with Gasteiger partial charge in [0, 0.05) is 31.4 Å². The van der Waals surface area contributed by atoms with E-state index in [0.29, 0.717) is 0 Å². The van der Waals surface area contributed by atoms with E-state index in [-0.39, 0.29) is 0 Å². The molecule has 1 aliphatic rings. The summed E-state index contributed by atoms with van der Waals surface area (Å²) in [6.07, 6.45) is 2.35. The van der Waals surface area contributed by atoms with Crippen molar-refractivity contribution in [3.05, 3.63) is 11.8 Å². The van der Waals surface area contributed by atoms with Gasteiger partial charge >= 0.3 is 0 Å². The van der Waals surface area contributed by atoms with Crippen molar-refractivity contribution in [1.82, 2.24) is 14.9 Å². The largest absolute Gasteiger partial charge is 0.370 e. The number of hydrogen-bond acceptors (Lipinski definition) is 5. The van der Waals surface area contributed by atoms with E-state index in [1.165, 1.54) is 19.5 Å². The van der Waals surface area contributed by atoms with Gasteiger partial charge in [-0.2, -0.15) is 4.98 Å². The third-order valence-electron chi connectivity index (χ3n) is 3.45. The van der Waals surface area contributed by atoms with Gasteiger partial charge in [0.05, 0.1) is 0 Å². The topological polar surface area (TPSA) is 53.1 Å². The van der Waals surface area contributed by atoms with Crippen LogP contribution in [0.5, 0.6) is 0 Å². The number of nitrogens with one attached hydrogen (secondary N) is 2. The second-order valence-electron chi connectivity index (χ2n) is 5.44. The summed E-state index contributed by atoms with van der Waals surface area (Å²) >= 11 is 0. The van der Waals surface area contributed by atoms with Crippen molar-refractivity contribution in [2.45, 2.75) is 26.7 Å². The van der Waals surface area contributed by atoms with Gasteiger partial charge in [0.2, 0.25) is 5.95 Å². The molecule has 1 aromatic heterocycles. The third kappa shape index (κ3) is 4.35. The first kappa shape index (κ1) is 14.1. The molecule has 2 heterocycles. The summed E-state index contributed by atoms with van der Waals surface area (Å²) in [7, 11) is 2.18. The first-order valence-electron chi connectivity index (χ1n) is 7.19. The van der Waals surface area contributed by atoms with E-state index in [4.69, 9.17) is 0 Å². The number of rotatable bonds is 6. The molecular formula is C14H25N5. The highest BCUT2D eigenvalue weighted by Crippen LogP contribution is 2.16. The summed E-state index contributed by atoms with van der Waals surface area (Å²) in [4.78, 5) is 11.3. The molecule has 2 N–H and O–H groups in total. The molecule has 5 heteroatoms. The summed E-state index contributed by atoms with van der Waals surface area (Å²) in [6, 6.07) is 2.01. The van der Waals surface area contributed by atoms with Crippen LogP contribution in [-0.4, -0.2) is 48.1 Å². The van der Waals surface area contributed by atoms with Crippen molar-refractivity contribution >= 4 is 11.8 Å². The Bertz CT molecular complexity index is 407. The zero-order valence-electron chi connectivity index (χ0n) is 12.2. The highest BCUT2D eigenvalue weighted by Gasteiger charge is 2.19.